The highest BCUT2D eigenvalue weighted by molar-refractivity contribution is 5.43. The molecule has 1 atom stereocenters. The Morgan fingerprint density at radius 1 is 1.05 bits per heavy atom. The van der Waals surface area contributed by atoms with E-state index in [4.69, 9.17) is 9.47 Å². The van der Waals surface area contributed by atoms with Crippen LogP contribution in [0.3, 0.4) is 0 Å². The van der Waals surface area contributed by atoms with Gasteiger partial charge in [-0.2, -0.15) is 0 Å². The Labute approximate surface area is 113 Å². The summed E-state index contributed by atoms with van der Waals surface area (Å²) >= 11 is 0. The number of hydrogen-bond donors (Lipinski definition) is 1. The highest BCUT2D eigenvalue weighted by Crippen LogP contribution is 2.30. The minimum absolute atomic E-state index is 0.491. The number of ether oxygens (including phenoxy) is 2. The molecule has 0 spiro atoms. The lowest BCUT2D eigenvalue weighted by molar-refractivity contribution is 0.198. The maximum Gasteiger partial charge on any atom is 0.161 e. The number of hydrogen-bond acceptors (Lipinski definition) is 3. The number of rotatable bonds is 5. The van der Waals surface area contributed by atoms with Crippen molar-refractivity contribution in [1.29, 1.82) is 0 Å². The molecule has 0 aliphatic heterocycles. The van der Waals surface area contributed by atoms with Crippen LogP contribution in [-0.2, 0) is 6.61 Å². The molecule has 0 bridgehead atoms. The molecule has 1 N–H and O–H groups in total. The monoisotopic (exact) mass is 258 g/mol. The van der Waals surface area contributed by atoms with Crippen molar-refractivity contribution in [3.05, 3.63) is 59.7 Å². The number of aliphatic hydroxyl groups is 1. The maximum absolute atomic E-state index is 9.55. The predicted molar refractivity (Wildman–Crippen MR) is 74.4 cm³/mol. The summed E-state index contributed by atoms with van der Waals surface area (Å²) < 4.78 is 11.0. The Balaban J connectivity index is 2.12. The van der Waals surface area contributed by atoms with Gasteiger partial charge >= 0.3 is 0 Å². The van der Waals surface area contributed by atoms with Crippen LogP contribution in [0.2, 0.25) is 0 Å². The zero-order valence-electron chi connectivity index (χ0n) is 11.2. The van der Waals surface area contributed by atoms with E-state index < -0.39 is 6.10 Å². The van der Waals surface area contributed by atoms with E-state index in [1.165, 1.54) is 0 Å². The van der Waals surface area contributed by atoms with Crippen molar-refractivity contribution < 1.29 is 14.6 Å². The van der Waals surface area contributed by atoms with Gasteiger partial charge in [0, 0.05) is 0 Å². The van der Waals surface area contributed by atoms with E-state index in [9.17, 15) is 5.11 Å². The zero-order valence-corrected chi connectivity index (χ0v) is 11.2. The summed E-state index contributed by atoms with van der Waals surface area (Å²) in [5.41, 5.74) is 1.91. The molecule has 0 heterocycles. The average molecular weight is 258 g/mol. The second kappa shape index (κ2) is 6.25. The molecule has 0 aliphatic rings. The molecular formula is C16H18O3. The van der Waals surface area contributed by atoms with Crippen LogP contribution in [0.5, 0.6) is 11.5 Å². The van der Waals surface area contributed by atoms with Crippen molar-refractivity contribution in [2.45, 2.75) is 19.6 Å². The third-order valence-corrected chi connectivity index (χ3v) is 2.91. The van der Waals surface area contributed by atoms with Crippen molar-refractivity contribution in [1.82, 2.24) is 0 Å². The van der Waals surface area contributed by atoms with Crippen LogP contribution in [0, 0.1) is 0 Å². The summed E-state index contributed by atoms with van der Waals surface area (Å²) in [5.74, 6) is 1.31. The van der Waals surface area contributed by atoms with Crippen LogP contribution in [0.15, 0.2) is 48.5 Å². The third-order valence-electron chi connectivity index (χ3n) is 2.91. The van der Waals surface area contributed by atoms with E-state index in [0.717, 1.165) is 11.1 Å². The van der Waals surface area contributed by atoms with Crippen molar-refractivity contribution in [3.8, 4) is 11.5 Å². The molecule has 0 radical (unpaired) electrons. The van der Waals surface area contributed by atoms with E-state index in [-0.39, 0.29) is 0 Å². The van der Waals surface area contributed by atoms with Crippen molar-refractivity contribution >= 4 is 0 Å². The Hall–Kier alpha value is -2.00. The maximum atomic E-state index is 9.55. The van der Waals surface area contributed by atoms with Crippen molar-refractivity contribution in [3.63, 3.8) is 0 Å². The molecule has 2 rings (SSSR count). The summed E-state index contributed by atoms with van der Waals surface area (Å²) in [6.45, 7) is 2.21. The van der Waals surface area contributed by atoms with Crippen LogP contribution in [0.4, 0.5) is 0 Å². The van der Waals surface area contributed by atoms with Gasteiger partial charge in [0.2, 0.25) is 0 Å². The first kappa shape index (κ1) is 13.4. The van der Waals surface area contributed by atoms with Gasteiger partial charge in [-0.3, -0.25) is 0 Å². The summed E-state index contributed by atoms with van der Waals surface area (Å²) in [6.07, 6.45) is -0.517. The quantitative estimate of drug-likeness (QED) is 0.894. The second-order valence-electron chi connectivity index (χ2n) is 4.36. The predicted octanol–water partition coefficient (Wildman–Crippen LogP) is 3.33. The zero-order chi connectivity index (χ0) is 13.7. The van der Waals surface area contributed by atoms with E-state index in [1.54, 1.807) is 20.1 Å². The lowest BCUT2D eigenvalue weighted by Crippen LogP contribution is -1.99. The van der Waals surface area contributed by atoms with E-state index in [1.807, 2.05) is 42.5 Å². The first-order valence-corrected chi connectivity index (χ1v) is 6.23. The smallest absolute Gasteiger partial charge is 0.161 e. The van der Waals surface area contributed by atoms with Gasteiger partial charge in [-0.1, -0.05) is 36.4 Å². The molecule has 0 amide bonds. The molecule has 1 unspecified atom stereocenters. The van der Waals surface area contributed by atoms with Crippen LogP contribution < -0.4 is 9.47 Å². The molecule has 2 aromatic rings. The molecule has 0 aliphatic carbocycles. The summed E-state index contributed by atoms with van der Waals surface area (Å²) in [6, 6.07) is 15.4. The largest absolute Gasteiger partial charge is 0.493 e. The van der Waals surface area contributed by atoms with E-state index in [2.05, 4.69) is 0 Å². The Morgan fingerprint density at radius 2 is 1.79 bits per heavy atom. The summed E-state index contributed by atoms with van der Waals surface area (Å²) in [4.78, 5) is 0. The van der Waals surface area contributed by atoms with Crippen LogP contribution >= 0.6 is 0 Å². The molecule has 0 saturated heterocycles. The van der Waals surface area contributed by atoms with Crippen LogP contribution in [0.25, 0.3) is 0 Å². The minimum Gasteiger partial charge on any atom is -0.493 e. The molecule has 2 aromatic carbocycles. The SMILES string of the molecule is COc1cc(C(C)O)ccc1OCc1ccccc1. The molecule has 3 heteroatoms. The number of methoxy groups -OCH3 is 1. The Kier molecular flexibility index (Phi) is 4.42. The fraction of sp³-hybridized carbons (Fsp3) is 0.250. The van der Waals surface area contributed by atoms with Gasteiger partial charge in [-0.05, 0) is 30.2 Å². The normalized spacial score (nSPS) is 11.9. The van der Waals surface area contributed by atoms with E-state index >= 15 is 0 Å². The summed E-state index contributed by atoms with van der Waals surface area (Å²) in [7, 11) is 1.59. The molecule has 100 valence electrons. The highest BCUT2D eigenvalue weighted by Gasteiger charge is 2.08. The molecule has 19 heavy (non-hydrogen) atoms. The van der Waals surface area contributed by atoms with Crippen LogP contribution in [0.1, 0.15) is 24.2 Å². The Morgan fingerprint density at radius 3 is 2.42 bits per heavy atom. The second-order valence-corrected chi connectivity index (χ2v) is 4.36. The third kappa shape index (κ3) is 3.48. The summed E-state index contributed by atoms with van der Waals surface area (Å²) in [5, 5.41) is 9.55. The lowest BCUT2D eigenvalue weighted by atomic mass is 10.1. The lowest BCUT2D eigenvalue weighted by Gasteiger charge is -2.13. The van der Waals surface area contributed by atoms with Gasteiger partial charge in [0.25, 0.3) is 0 Å². The molecule has 0 saturated carbocycles. The Bertz CT molecular complexity index is 521. The van der Waals surface area contributed by atoms with Crippen LogP contribution in [-0.4, -0.2) is 12.2 Å². The van der Waals surface area contributed by atoms with Crippen molar-refractivity contribution in [2.24, 2.45) is 0 Å². The fourth-order valence-corrected chi connectivity index (χ4v) is 1.80. The highest BCUT2D eigenvalue weighted by atomic mass is 16.5. The molecule has 0 aromatic heterocycles. The van der Waals surface area contributed by atoms with Gasteiger partial charge in [0.15, 0.2) is 11.5 Å². The van der Waals surface area contributed by atoms with Gasteiger partial charge < -0.3 is 14.6 Å². The fourth-order valence-electron chi connectivity index (χ4n) is 1.80. The van der Waals surface area contributed by atoms with Gasteiger partial charge in [-0.15, -0.1) is 0 Å². The minimum atomic E-state index is -0.517. The van der Waals surface area contributed by atoms with E-state index in [0.29, 0.717) is 18.1 Å². The molecule has 3 nitrogen and oxygen atoms in total. The number of benzene rings is 2. The van der Waals surface area contributed by atoms with Gasteiger partial charge in [-0.25, -0.2) is 0 Å². The average Bonchev–Trinajstić information content (AvgIpc) is 2.45. The standard InChI is InChI=1S/C16H18O3/c1-12(17)14-8-9-15(16(10-14)18-2)19-11-13-6-4-3-5-7-13/h3-10,12,17H,11H2,1-2H3. The van der Waals surface area contributed by atoms with Gasteiger partial charge in [0.05, 0.1) is 13.2 Å². The molecule has 0 fully saturated rings. The van der Waals surface area contributed by atoms with Crippen molar-refractivity contribution in [2.75, 3.05) is 7.11 Å². The topological polar surface area (TPSA) is 38.7 Å². The first-order chi connectivity index (χ1) is 9.20. The first-order valence-electron chi connectivity index (χ1n) is 6.23. The van der Waals surface area contributed by atoms with Gasteiger partial charge in [0.1, 0.15) is 6.61 Å². The number of aliphatic hydroxyl groups excluding tert-OH is 1. The molecular weight excluding hydrogens is 240 g/mol.